The Morgan fingerprint density at radius 2 is 1.81 bits per heavy atom. The van der Waals surface area contributed by atoms with Crippen molar-refractivity contribution in [2.45, 2.75) is 57.7 Å². The van der Waals surface area contributed by atoms with Gasteiger partial charge in [-0.15, -0.1) is 0 Å². The molecule has 0 aromatic rings. The van der Waals surface area contributed by atoms with Crippen molar-refractivity contribution in [2.75, 3.05) is 33.2 Å². The van der Waals surface area contributed by atoms with Crippen LogP contribution in [0.15, 0.2) is 24.9 Å². The molecule has 0 aliphatic carbocycles. The molecular formula is C20H34N4O2. The largest absolute Gasteiger partial charge is 0.339 e. The maximum atomic E-state index is 11.8. The lowest BCUT2D eigenvalue weighted by Gasteiger charge is -2.44. The molecule has 0 spiro atoms. The second-order valence-electron chi connectivity index (χ2n) is 8.13. The number of amides is 1. The van der Waals surface area contributed by atoms with Crippen LogP contribution in [0.4, 0.5) is 0 Å². The zero-order chi connectivity index (χ0) is 18.7. The summed E-state index contributed by atoms with van der Waals surface area (Å²) in [5.74, 6) is 0.532. The minimum Gasteiger partial charge on any atom is -0.339 e. The smallest absolute Gasteiger partial charge is 0.245 e. The molecule has 1 amide bonds. The molecule has 2 fully saturated rings. The highest BCUT2D eigenvalue weighted by Crippen LogP contribution is 2.30. The second kappa shape index (κ2) is 8.55. The average molecular weight is 363 g/mol. The van der Waals surface area contributed by atoms with Gasteiger partial charge in [-0.1, -0.05) is 25.6 Å². The molecule has 3 heterocycles. The number of hydrogen-bond acceptors (Lipinski definition) is 5. The third-order valence-electron chi connectivity index (χ3n) is 5.85. The lowest BCUT2D eigenvalue weighted by molar-refractivity contribution is -0.319. The van der Waals surface area contributed by atoms with Gasteiger partial charge in [0.05, 0.1) is 18.2 Å². The van der Waals surface area contributed by atoms with Crippen LogP contribution in [0.2, 0.25) is 0 Å². The molecule has 6 nitrogen and oxygen atoms in total. The number of hydrogen-bond donors (Lipinski definition) is 0. The van der Waals surface area contributed by atoms with Crippen molar-refractivity contribution in [3.63, 3.8) is 0 Å². The van der Waals surface area contributed by atoms with Crippen molar-refractivity contribution in [2.24, 2.45) is 5.92 Å². The normalized spacial score (nSPS) is 26.8. The maximum absolute atomic E-state index is 11.8. The van der Waals surface area contributed by atoms with E-state index < -0.39 is 0 Å². The number of piperidine rings is 2. The number of carbonyl (C=O) groups excluding carboxylic acids is 1. The highest BCUT2D eigenvalue weighted by atomic mass is 16.7. The molecule has 3 aliphatic heterocycles. The van der Waals surface area contributed by atoms with E-state index in [4.69, 9.17) is 4.84 Å². The summed E-state index contributed by atoms with van der Waals surface area (Å²) in [5, 5.41) is 4.43. The molecule has 0 radical (unpaired) electrons. The van der Waals surface area contributed by atoms with E-state index in [1.165, 1.54) is 6.08 Å². The Kier molecular flexibility index (Phi) is 6.37. The Labute approximate surface area is 158 Å². The Balaban J connectivity index is 1.62. The van der Waals surface area contributed by atoms with Crippen LogP contribution in [0.25, 0.3) is 0 Å². The van der Waals surface area contributed by atoms with Crippen LogP contribution in [0.3, 0.4) is 0 Å². The Morgan fingerprint density at radius 1 is 1.15 bits per heavy atom. The number of nitrogens with zero attached hydrogens (tertiary/aromatic N) is 4. The van der Waals surface area contributed by atoms with Crippen molar-refractivity contribution in [1.29, 1.82) is 0 Å². The van der Waals surface area contributed by atoms with Gasteiger partial charge < -0.3 is 9.80 Å². The van der Waals surface area contributed by atoms with E-state index in [9.17, 15) is 4.79 Å². The van der Waals surface area contributed by atoms with Crippen molar-refractivity contribution < 1.29 is 9.63 Å². The molecule has 0 N–H and O–H groups in total. The lowest BCUT2D eigenvalue weighted by Crippen LogP contribution is -2.53. The summed E-state index contributed by atoms with van der Waals surface area (Å²) in [6, 6.07) is 0.664. The van der Waals surface area contributed by atoms with E-state index in [1.807, 2.05) is 4.90 Å². The van der Waals surface area contributed by atoms with Gasteiger partial charge in [0.25, 0.3) is 0 Å². The fourth-order valence-corrected chi connectivity index (χ4v) is 4.08. The quantitative estimate of drug-likeness (QED) is 0.702. The number of carbonyl (C=O) groups is 1. The van der Waals surface area contributed by atoms with Gasteiger partial charge in [0, 0.05) is 32.4 Å². The van der Waals surface area contributed by atoms with E-state index in [0.29, 0.717) is 12.0 Å². The van der Waals surface area contributed by atoms with Gasteiger partial charge in [-0.25, -0.2) is 0 Å². The van der Waals surface area contributed by atoms with Gasteiger partial charge in [-0.2, -0.15) is 0 Å². The molecule has 3 rings (SSSR count). The third kappa shape index (κ3) is 4.30. The first kappa shape index (κ1) is 19.4. The fraction of sp³-hybridized carbons (Fsp3) is 0.750. The van der Waals surface area contributed by atoms with E-state index in [1.54, 1.807) is 0 Å². The Bertz CT molecular complexity index is 520. The van der Waals surface area contributed by atoms with Crippen molar-refractivity contribution in [3.8, 4) is 0 Å². The van der Waals surface area contributed by atoms with Crippen LogP contribution in [-0.4, -0.2) is 77.3 Å². The summed E-state index contributed by atoms with van der Waals surface area (Å²) in [6.45, 7) is 11.9. The Morgan fingerprint density at radius 3 is 2.38 bits per heavy atom. The molecule has 0 bridgehead atoms. The topological polar surface area (TPSA) is 39.3 Å². The molecule has 0 aromatic carbocycles. The predicted molar refractivity (Wildman–Crippen MR) is 103 cm³/mol. The molecule has 1 unspecified atom stereocenters. The molecular weight excluding hydrogens is 328 g/mol. The predicted octanol–water partition coefficient (Wildman–Crippen LogP) is 2.26. The van der Waals surface area contributed by atoms with Gasteiger partial charge in [0.2, 0.25) is 5.91 Å². The molecule has 6 heteroatoms. The monoisotopic (exact) mass is 362 g/mol. The minimum atomic E-state index is 0.0416. The summed E-state index contributed by atoms with van der Waals surface area (Å²) in [4.78, 5) is 22.6. The van der Waals surface area contributed by atoms with Gasteiger partial charge in [-0.05, 0) is 50.8 Å². The summed E-state index contributed by atoms with van der Waals surface area (Å²) in [6.07, 6.45) is 10.2. The lowest BCUT2D eigenvalue weighted by atomic mass is 10.0. The molecule has 3 aliphatic rings. The van der Waals surface area contributed by atoms with Crippen LogP contribution in [0, 0.1) is 5.92 Å². The maximum Gasteiger partial charge on any atom is 0.245 e. The molecule has 1 atom stereocenters. The Hall–Kier alpha value is -1.37. The van der Waals surface area contributed by atoms with Gasteiger partial charge in [-0.3, -0.25) is 14.6 Å². The van der Waals surface area contributed by atoms with E-state index in [2.05, 4.69) is 54.8 Å². The first-order valence-electron chi connectivity index (χ1n) is 10.0. The number of likely N-dealkylation sites (tertiary alicyclic amines) is 2. The van der Waals surface area contributed by atoms with E-state index >= 15 is 0 Å². The van der Waals surface area contributed by atoms with Gasteiger partial charge in [0.15, 0.2) is 0 Å². The van der Waals surface area contributed by atoms with Crippen LogP contribution in [0.5, 0.6) is 0 Å². The standard InChI is InChI=1S/C20H34N4O2/c1-5-20(25)22-13-6-17(7-14-22)23-15-10-19(16(2)3)24(23)26-18-8-11-21(4)12-9-18/h5,10,15-19H,1,6-9,11-14H2,2-4H3. The second-order valence-corrected chi connectivity index (χ2v) is 8.13. The highest BCUT2D eigenvalue weighted by Gasteiger charge is 2.37. The summed E-state index contributed by atoms with van der Waals surface area (Å²) >= 11 is 0. The molecule has 146 valence electrons. The van der Waals surface area contributed by atoms with Crippen molar-refractivity contribution in [3.05, 3.63) is 24.9 Å². The van der Waals surface area contributed by atoms with Crippen molar-refractivity contribution in [1.82, 2.24) is 20.0 Å². The number of rotatable bonds is 5. The molecule has 2 saturated heterocycles. The van der Waals surface area contributed by atoms with Gasteiger partial charge >= 0.3 is 0 Å². The van der Waals surface area contributed by atoms with Crippen LogP contribution >= 0.6 is 0 Å². The summed E-state index contributed by atoms with van der Waals surface area (Å²) < 4.78 is 0. The number of hydroxylamine groups is 1. The zero-order valence-corrected chi connectivity index (χ0v) is 16.5. The highest BCUT2D eigenvalue weighted by molar-refractivity contribution is 5.87. The van der Waals surface area contributed by atoms with Crippen LogP contribution in [-0.2, 0) is 9.63 Å². The average Bonchev–Trinajstić information content (AvgIpc) is 3.07. The van der Waals surface area contributed by atoms with Crippen molar-refractivity contribution >= 4 is 5.91 Å². The third-order valence-corrected chi connectivity index (χ3v) is 5.85. The first-order valence-corrected chi connectivity index (χ1v) is 10.0. The summed E-state index contributed by atoms with van der Waals surface area (Å²) in [5.41, 5.74) is 0. The summed E-state index contributed by atoms with van der Waals surface area (Å²) in [7, 11) is 2.18. The molecule has 0 aromatic heterocycles. The molecule has 0 saturated carbocycles. The van der Waals surface area contributed by atoms with Gasteiger partial charge in [0.1, 0.15) is 0 Å². The molecule has 26 heavy (non-hydrogen) atoms. The minimum absolute atomic E-state index is 0.0416. The van der Waals surface area contributed by atoms with Crippen LogP contribution in [0.1, 0.15) is 39.5 Å². The van der Waals surface area contributed by atoms with E-state index in [0.717, 1.165) is 51.9 Å². The SMILES string of the molecule is C=CC(=O)N1CCC(N2C=CC(C(C)C)N2OC2CCN(C)CC2)CC1. The first-order chi connectivity index (χ1) is 12.5. The fourth-order valence-electron chi connectivity index (χ4n) is 4.08. The zero-order valence-electron chi connectivity index (χ0n) is 16.5. The van der Waals surface area contributed by atoms with Crippen LogP contribution < -0.4 is 0 Å². The van der Waals surface area contributed by atoms with E-state index in [-0.39, 0.29) is 18.1 Å². The number of hydrazine groups is 1.